The van der Waals surface area contributed by atoms with Gasteiger partial charge in [0.2, 0.25) is 11.8 Å². The van der Waals surface area contributed by atoms with E-state index in [2.05, 4.69) is 5.32 Å². The van der Waals surface area contributed by atoms with Gasteiger partial charge in [-0.2, -0.15) is 0 Å². The second kappa shape index (κ2) is 14.3. The van der Waals surface area contributed by atoms with Crippen molar-refractivity contribution in [2.24, 2.45) is 0 Å². The van der Waals surface area contributed by atoms with Crippen molar-refractivity contribution in [1.29, 1.82) is 0 Å². The third-order valence-electron chi connectivity index (χ3n) is 7.65. The van der Waals surface area contributed by atoms with E-state index in [1.54, 1.807) is 56.3 Å². The molecule has 9 heteroatoms. The summed E-state index contributed by atoms with van der Waals surface area (Å²) < 4.78 is 44.4. The fourth-order valence-corrected chi connectivity index (χ4v) is 6.48. The predicted octanol–water partition coefficient (Wildman–Crippen LogP) is 5.72. The Labute approximate surface area is 259 Å². The van der Waals surface area contributed by atoms with Crippen LogP contribution < -0.4 is 9.62 Å². The number of benzene rings is 4. The highest BCUT2D eigenvalue weighted by Gasteiger charge is 2.35. The van der Waals surface area contributed by atoms with Crippen LogP contribution in [0.1, 0.15) is 34.7 Å². The maximum atomic E-state index is 15.0. The van der Waals surface area contributed by atoms with Gasteiger partial charge in [-0.3, -0.25) is 13.9 Å². The molecule has 2 amide bonds. The molecule has 4 aromatic rings. The summed E-state index contributed by atoms with van der Waals surface area (Å²) in [6, 6.07) is 25.9. The lowest BCUT2D eigenvalue weighted by molar-refractivity contribution is -0.140. The zero-order valence-corrected chi connectivity index (χ0v) is 26.3. The van der Waals surface area contributed by atoms with Gasteiger partial charge in [0, 0.05) is 25.1 Å². The number of carbonyl (C=O) groups is 2. The molecule has 0 saturated heterocycles. The van der Waals surface area contributed by atoms with Crippen LogP contribution in [0.3, 0.4) is 0 Å². The summed E-state index contributed by atoms with van der Waals surface area (Å²) in [6.07, 6.45) is 0.154. The summed E-state index contributed by atoms with van der Waals surface area (Å²) in [4.78, 5) is 29.3. The number of anilines is 1. The number of carbonyl (C=O) groups excluding carboxylic acids is 2. The molecular formula is C35H38FN3O4S. The molecule has 230 valence electrons. The second-order valence-corrected chi connectivity index (χ2v) is 12.6. The summed E-state index contributed by atoms with van der Waals surface area (Å²) in [5.74, 6) is -1.59. The molecule has 1 atom stereocenters. The van der Waals surface area contributed by atoms with Crippen molar-refractivity contribution < 1.29 is 22.4 Å². The molecule has 7 nitrogen and oxygen atoms in total. The Kier molecular flexibility index (Phi) is 10.5. The van der Waals surface area contributed by atoms with Gasteiger partial charge >= 0.3 is 0 Å². The first kappa shape index (κ1) is 32.4. The molecule has 1 N–H and O–H groups in total. The summed E-state index contributed by atoms with van der Waals surface area (Å²) in [6.45, 7) is 6.80. The van der Waals surface area contributed by atoms with Crippen molar-refractivity contribution in [2.75, 3.05) is 17.4 Å². The van der Waals surface area contributed by atoms with Crippen LogP contribution >= 0.6 is 0 Å². The van der Waals surface area contributed by atoms with E-state index in [1.807, 2.05) is 50.2 Å². The molecule has 0 fully saturated rings. The van der Waals surface area contributed by atoms with Gasteiger partial charge in [0.15, 0.2) is 0 Å². The summed E-state index contributed by atoms with van der Waals surface area (Å²) in [5, 5.41) is 2.81. The fourth-order valence-electron chi connectivity index (χ4n) is 5.01. The number of aryl methyl sites for hydroxylation is 2. The standard InChI is InChI=1S/C35H38FN3O4S/c1-5-37-35(41)33(22-28-13-7-6-8-14-28)38(23-29-15-9-10-16-31(29)36)34(40)24-39(32-17-11-12-26(3)27(32)4)44(42,43)30-20-18-25(2)19-21-30/h6-21,33H,5,22-24H2,1-4H3,(H,37,41)/t33-/m1/s1. The van der Waals surface area contributed by atoms with E-state index in [-0.39, 0.29) is 23.4 Å². The molecule has 0 saturated carbocycles. The topological polar surface area (TPSA) is 86.8 Å². The highest BCUT2D eigenvalue weighted by molar-refractivity contribution is 7.92. The Bertz CT molecular complexity index is 1710. The number of likely N-dealkylation sites (N-methyl/N-ethyl adjacent to an activating group) is 1. The Morgan fingerprint density at radius 1 is 0.841 bits per heavy atom. The monoisotopic (exact) mass is 615 g/mol. The molecule has 0 aromatic heterocycles. The highest BCUT2D eigenvalue weighted by Crippen LogP contribution is 2.29. The zero-order chi connectivity index (χ0) is 31.9. The number of nitrogens with zero attached hydrogens (tertiary/aromatic N) is 2. The van der Waals surface area contributed by atoms with Crippen LogP contribution in [0, 0.1) is 26.6 Å². The first-order valence-corrected chi connectivity index (χ1v) is 16.0. The lowest BCUT2D eigenvalue weighted by atomic mass is 10.0. The number of sulfonamides is 1. The third kappa shape index (κ3) is 7.52. The summed E-state index contributed by atoms with van der Waals surface area (Å²) in [5.41, 5.74) is 3.80. The van der Waals surface area contributed by atoms with Crippen molar-refractivity contribution in [1.82, 2.24) is 10.2 Å². The zero-order valence-electron chi connectivity index (χ0n) is 25.5. The average molecular weight is 616 g/mol. The molecule has 0 spiro atoms. The molecule has 0 radical (unpaired) electrons. The smallest absolute Gasteiger partial charge is 0.264 e. The molecular weight excluding hydrogens is 577 g/mol. The normalized spacial score (nSPS) is 11.9. The molecule has 0 aliphatic rings. The predicted molar refractivity (Wildman–Crippen MR) is 171 cm³/mol. The minimum absolute atomic E-state index is 0.0296. The van der Waals surface area contributed by atoms with Crippen LogP contribution in [0.5, 0.6) is 0 Å². The molecule has 0 aliphatic carbocycles. The van der Waals surface area contributed by atoms with E-state index in [0.717, 1.165) is 21.0 Å². The Hall–Kier alpha value is -4.50. The highest BCUT2D eigenvalue weighted by atomic mass is 32.2. The summed E-state index contributed by atoms with van der Waals surface area (Å²) >= 11 is 0. The first-order valence-electron chi connectivity index (χ1n) is 14.5. The maximum Gasteiger partial charge on any atom is 0.264 e. The van der Waals surface area contributed by atoms with Gasteiger partial charge in [0.25, 0.3) is 10.0 Å². The molecule has 4 rings (SSSR count). The molecule has 0 bridgehead atoms. The Balaban J connectivity index is 1.84. The van der Waals surface area contributed by atoms with Crippen LogP contribution in [0.2, 0.25) is 0 Å². The lowest BCUT2D eigenvalue weighted by Crippen LogP contribution is -2.53. The largest absolute Gasteiger partial charge is 0.355 e. The average Bonchev–Trinajstić information content (AvgIpc) is 3.01. The molecule has 0 unspecified atom stereocenters. The van der Waals surface area contributed by atoms with E-state index in [0.29, 0.717) is 17.8 Å². The van der Waals surface area contributed by atoms with E-state index in [1.165, 1.54) is 23.1 Å². The van der Waals surface area contributed by atoms with Crippen LogP contribution in [0.25, 0.3) is 0 Å². The van der Waals surface area contributed by atoms with Gasteiger partial charge < -0.3 is 10.2 Å². The lowest BCUT2D eigenvalue weighted by Gasteiger charge is -2.34. The Morgan fingerprint density at radius 3 is 2.16 bits per heavy atom. The van der Waals surface area contributed by atoms with Gasteiger partial charge in [-0.1, -0.05) is 78.4 Å². The number of nitrogens with one attached hydrogen (secondary N) is 1. The van der Waals surface area contributed by atoms with Gasteiger partial charge in [0.05, 0.1) is 10.6 Å². The fraction of sp³-hybridized carbons (Fsp3) is 0.257. The van der Waals surface area contributed by atoms with Gasteiger partial charge in [-0.25, -0.2) is 12.8 Å². The van der Waals surface area contributed by atoms with E-state index < -0.39 is 40.2 Å². The number of hydrogen-bond acceptors (Lipinski definition) is 4. The SMILES string of the molecule is CCNC(=O)[C@@H](Cc1ccccc1)N(Cc1ccccc1F)C(=O)CN(c1cccc(C)c1C)S(=O)(=O)c1ccc(C)cc1. The molecule has 0 aliphatic heterocycles. The number of amides is 2. The summed E-state index contributed by atoms with van der Waals surface area (Å²) in [7, 11) is -4.22. The van der Waals surface area contributed by atoms with Crippen LogP contribution in [-0.4, -0.2) is 44.3 Å². The van der Waals surface area contributed by atoms with Crippen molar-refractivity contribution in [2.45, 2.75) is 51.6 Å². The minimum Gasteiger partial charge on any atom is -0.355 e. The molecule has 4 aromatic carbocycles. The Morgan fingerprint density at radius 2 is 1.50 bits per heavy atom. The van der Waals surface area contributed by atoms with E-state index >= 15 is 0 Å². The maximum absolute atomic E-state index is 15.0. The first-order chi connectivity index (χ1) is 21.0. The van der Waals surface area contributed by atoms with Crippen molar-refractivity contribution >= 4 is 27.5 Å². The third-order valence-corrected chi connectivity index (χ3v) is 9.43. The van der Waals surface area contributed by atoms with Gasteiger partial charge in [-0.15, -0.1) is 0 Å². The van der Waals surface area contributed by atoms with Crippen LogP contribution in [0.4, 0.5) is 10.1 Å². The number of hydrogen-bond donors (Lipinski definition) is 1. The quantitative estimate of drug-likeness (QED) is 0.221. The van der Waals surface area contributed by atoms with Gasteiger partial charge in [0.1, 0.15) is 18.4 Å². The molecule has 44 heavy (non-hydrogen) atoms. The molecule has 0 heterocycles. The van der Waals surface area contributed by atoms with E-state index in [4.69, 9.17) is 0 Å². The van der Waals surface area contributed by atoms with Crippen molar-refractivity contribution in [3.8, 4) is 0 Å². The number of halogens is 1. The van der Waals surface area contributed by atoms with E-state index in [9.17, 15) is 22.4 Å². The van der Waals surface area contributed by atoms with Crippen LogP contribution in [-0.2, 0) is 32.6 Å². The van der Waals surface area contributed by atoms with Crippen molar-refractivity contribution in [3.63, 3.8) is 0 Å². The number of rotatable bonds is 12. The van der Waals surface area contributed by atoms with Crippen LogP contribution in [0.15, 0.2) is 102 Å². The minimum atomic E-state index is -4.22. The van der Waals surface area contributed by atoms with Crippen molar-refractivity contribution in [3.05, 3.63) is 131 Å². The second-order valence-electron chi connectivity index (χ2n) is 10.8. The van der Waals surface area contributed by atoms with Gasteiger partial charge in [-0.05, 0) is 68.7 Å².